The average Bonchev–Trinajstić information content (AvgIpc) is 2.59. The monoisotopic (exact) mass is 250 g/mol. The third kappa shape index (κ3) is 4.47. The second-order valence-corrected chi connectivity index (χ2v) is 4.37. The summed E-state index contributed by atoms with van der Waals surface area (Å²) >= 11 is 0. The van der Waals surface area contributed by atoms with Crippen molar-refractivity contribution in [2.24, 2.45) is 0 Å². The Bertz CT molecular complexity index is 370. The van der Waals surface area contributed by atoms with E-state index in [1.807, 2.05) is 26.0 Å². The predicted octanol–water partition coefficient (Wildman–Crippen LogP) is 2.43. The molecular formula is C14H22N2O2. The topological polar surface area (TPSA) is 61.4 Å². The first-order valence-corrected chi connectivity index (χ1v) is 6.40. The lowest BCUT2D eigenvalue weighted by atomic mass is 10.0. The maximum Gasteiger partial charge on any atom is 0.247 e. The minimum Gasteiger partial charge on any atom is -0.329 e. The molecule has 0 aromatic heterocycles. The van der Waals surface area contributed by atoms with Gasteiger partial charge in [0.2, 0.25) is 5.91 Å². The van der Waals surface area contributed by atoms with E-state index in [4.69, 9.17) is 0 Å². The van der Waals surface area contributed by atoms with E-state index in [9.17, 15) is 10.0 Å². The maximum absolute atomic E-state index is 12.0. The van der Waals surface area contributed by atoms with Gasteiger partial charge in [-0.05, 0) is 38.2 Å². The molecule has 0 saturated heterocycles. The average molecular weight is 250 g/mol. The van der Waals surface area contributed by atoms with Crippen LogP contribution >= 0.6 is 0 Å². The zero-order chi connectivity index (χ0) is 13.4. The van der Waals surface area contributed by atoms with Crippen molar-refractivity contribution in [2.45, 2.75) is 45.6 Å². The number of nitrogens with one attached hydrogen (secondary N) is 2. The van der Waals surface area contributed by atoms with Crippen molar-refractivity contribution in [1.82, 2.24) is 10.8 Å². The molecule has 0 heterocycles. The number of hydrogen-bond donors (Lipinski definition) is 3. The molecule has 1 aliphatic rings. The Morgan fingerprint density at radius 3 is 3.00 bits per heavy atom. The fourth-order valence-electron chi connectivity index (χ4n) is 1.98. The van der Waals surface area contributed by atoms with Gasteiger partial charge in [0, 0.05) is 5.70 Å². The van der Waals surface area contributed by atoms with Crippen LogP contribution in [0, 0.1) is 0 Å². The summed E-state index contributed by atoms with van der Waals surface area (Å²) < 4.78 is 0. The molecule has 0 fully saturated rings. The van der Waals surface area contributed by atoms with Crippen molar-refractivity contribution in [2.75, 3.05) is 0 Å². The van der Waals surface area contributed by atoms with Gasteiger partial charge in [-0.15, -0.1) is 0 Å². The highest BCUT2D eigenvalue weighted by Crippen LogP contribution is 2.16. The second-order valence-electron chi connectivity index (χ2n) is 4.37. The van der Waals surface area contributed by atoms with Crippen LogP contribution in [0.3, 0.4) is 0 Å². The molecule has 0 saturated carbocycles. The van der Waals surface area contributed by atoms with Crippen molar-refractivity contribution >= 4 is 5.91 Å². The minimum absolute atomic E-state index is 0.215. The number of carbonyl (C=O) groups is 1. The molecule has 4 nitrogen and oxygen atoms in total. The van der Waals surface area contributed by atoms with Crippen LogP contribution < -0.4 is 10.8 Å². The fourth-order valence-corrected chi connectivity index (χ4v) is 1.98. The molecule has 1 amide bonds. The Morgan fingerprint density at radius 1 is 1.56 bits per heavy atom. The van der Waals surface area contributed by atoms with E-state index in [1.165, 1.54) is 0 Å². The molecule has 1 atom stereocenters. The third-order valence-corrected chi connectivity index (χ3v) is 2.88. The molecule has 1 rings (SSSR count). The molecule has 1 unspecified atom stereocenters. The summed E-state index contributed by atoms with van der Waals surface area (Å²) in [6.45, 7) is 3.86. The van der Waals surface area contributed by atoms with Crippen LogP contribution in [0.2, 0.25) is 0 Å². The van der Waals surface area contributed by atoms with E-state index in [0.29, 0.717) is 0 Å². The lowest BCUT2D eigenvalue weighted by molar-refractivity contribution is -0.123. The first-order valence-electron chi connectivity index (χ1n) is 6.40. The highest BCUT2D eigenvalue weighted by molar-refractivity contribution is 5.86. The first-order chi connectivity index (χ1) is 8.69. The SMILES string of the molecule is CC/C=C(\C)NC(=O)C(NO)C1=CCC=CCC1. The van der Waals surface area contributed by atoms with Gasteiger partial charge in [0.25, 0.3) is 0 Å². The van der Waals surface area contributed by atoms with Gasteiger partial charge in [-0.25, -0.2) is 0 Å². The first kappa shape index (κ1) is 14.7. The highest BCUT2D eigenvalue weighted by atomic mass is 16.5. The Hall–Kier alpha value is -1.39. The Kier molecular flexibility index (Phi) is 6.39. The zero-order valence-electron chi connectivity index (χ0n) is 11.1. The summed E-state index contributed by atoms with van der Waals surface area (Å²) in [5.41, 5.74) is 3.86. The number of rotatable bonds is 5. The highest BCUT2D eigenvalue weighted by Gasteiger charge is 2.21. The molecule has 3 N–H and O–H groups in total. The Morgan fingerprint density at radius 2 is 2.33 bits per heavy atom. The maximum atomic E-state index is 12.0. The molecule has 1 aliphatic carbocycles. The van der Waals surface area contributed by atoms with Gasteiger partial charge in [0.05, 0.1) is 0 Å². The van der Waals surface area contributed by atoms with Gasteiger partial charge in [-0.2, -0.15) is 5.48 Å². The summed E-state index contributed by atoms with van der Waals surface area (Å²) in [6, 6.07) is -0.662. The van der Waals surface area contributed by atoms with Gasteiger partial charge in [-0.3, -0.25) is 4.79 Å². The number of carbonyl (C=O) groups excluding carboxylic acids is 1. The van der Waals surface area contributed by atoms with Gasteiger partial charge in [0.15, 0.2) is 0 Å². The summed E-state index contributed by atoms with van der Waals surface area (Å²) in [5, 5.41) is 12.0. The summed E-state index contributed by atoms with van der Waals surface area (Å²) in [4.78, 5) is 12.0. The Balaban J connectivity index is 2.68. The van der Waals surface area contributed by atoms with E-state index < -0.39 is 6.04 Å². The molecule has 0 aromatic carbocycles. The van der Waals surface area contributed by atoms with Crippen molar-refractivity contribution in [3.05, 3.63) is 35.6 Å². The lowest BCUT2D eigenvalue weighted by Crippen LogP contribution is -2.43. The van der Waals surface area contributed by atoms with Crippen molar-refractivity contribution in [3.8, 4) is 0 Å². The molecule has 4 heteroatoms. The van der Waals surface area contributed by atoms with Crippen LogP contribution in [0.1, 0.15) is 39.5 Å². The van der Waals surface area contributed by atoms with Crippen LogP contribution in [-0.4, -0.2) is 17.2 Å². The standard InChI is InChI=1S/C14H22N2O2/c1-3-8-11(2)15-14(17)13(16-18)12-9-6-4-5-7-10-12/h4-5,8-9,13,16,18H,3,6-7,10H2,1-2H3,(H,15,17)/b11-8+. The zero-order valence-corrected chi connectivity index (χ0v) is 11.1. The second kappa shape index (κ2) is 7.84. The van der Waals surface area contributed by atoms with Crippen molar-refractivity contribution in [3.63, 3.8) is 0 Å². The number of hydroxylamine groups is 1. The van der Waals surface area contributed by atoms with Crippen molar-refractivity contribution in [1.29, 1.82) is 0 Å². The molecule has 0 bridgehead atoms. The van der Waals surface area contributed by atoms with E-state index in [-0.39, 0.29) is 5.91 Å². The normalized spacial score (nSPS) is 17.9. The number of hydrogen-bond acceptors (Lipinski definition) is 3. The summed E-state index contributed by atoms with van der Waals surface area (Å²) in [7, 11) is 0. The predicted molar refractivity (Wildman–Crippen MR) is 72.0 cm³/mol. The van der Waals surface area contributed by atoms with E-state index >= 15 is 0 Å². The van der Waals surface area contributed by atoms with Crippen LogP contribution in [0.25, 0.3) is 0 Å². The number of allylic oxidation sites excluding steroid dienone is 5. The van der Waals surface area contributed by atoms with E-state index in [1.54, 1.807) is 0 Å². The molecule has 0 spiro atoms. The quantitative estimate of drug-likeness (QED) is 0.519. The van der Waals surface area contributed by atoms with Crippen molar-refractivity contribution < 1.29 is 10.0 Å². The molecular weight excluding hydrogens is 228 g/mol. The molecule has 0 radical (unpaired) electrons. The smallest absolute Gasteiger partial charge is 0.247 e. The van der Waals surface area contributed by atoms with Crippen LogP contribution in [0.5, 0.6) is 0 Å². The van der Waals surface area contributed by atoms with Gasteiger partial charge in [-0.1, -0.05) is 31.2 Å². The molecule has 0 aromatic rings. The Labute approximate surface area is 108 Å². The summed E-state index contributed by atoms with van der Waals surface area (Å²) in [5.74, 6) is -0.215. The number of amides is 1. The molecule has 0 aliphatic heterocycles. The lowest BCUT2D eigenvalue weighted by Gasteiger charge is -2.18. The molecule has 18 heavy (non-hydrogen) atoms. The van der Waals surface area contributed by atoms with E-state index in [2.05, 4.69) is 22.9 Å². The van der Waals surface area contributed by atoms with Gasteiger partial charge >= 0.3 is 0 Å². The van der Waals surface area contributed by atoms with Crippen LogP contribution in [0.15, 0.2) is 35.6 Å². The third-order valence-electron chi connectivity index (χ3n) is 2.88. The summed E-state index contributed by atoms with van der Waals surface area (Å²) in [6.07, 6.45) is 11.5. The largest absolute Gasteiger partial charge is 0.329 e. The van der Waals surface area contributed by atoms with Crippen LogP contribution in [-0.2, 0) is 4.79 Å². The minimum atomic E-state index is -0.662. The van der Waals surface area contributed by atoms with E-state index in [0.717, 1.165) is 37.0 Å². The van der Waals surface area contributed by atoms with Crippen LogP contribution in [0.4, 0.5) is 0 Å². The molecule has 100 valence electrons. The fraction of sp³-hybridized carbons (Fsp3) is 0.500. The van der Waals surface area contributed by atoms with Gasteiger partial charge in [0.1, 0.15) is 6.04 Å². The van der Waals surface area contributed by atoms with Gasteiger partial charge < -0.3 is 10.5 Å².